The fourth-order valence-corrected chi connectivity index (χ4v) is 5.38. The van der Waals surface area contributed by atoms with Crippen LogP contribution in [0.5, 0.6) is 11.5 Å². The molecule has 0 spiro atoms. The van der Waals surface area contributed by atoms with Gasteiger partial charge in [-0.2, -0.15) is 0 Å². The number of oxazole rings is 1. The lowest BCUT2D eigenvalue weighted by Gasteiger charge is -2.26. The molecule has 2 aromatic carbocycles. The van der Waals surface area contributed by atoms with E-state index >= 15 is 0 Å². The summed E-state index contributed by atoms with van der Waals surface area (Å²) in [5, 5.41) is 0.282. The van der Waals surface area contributed by atoms with E-state index in [0.717, 1.165) is 68.8 Å². The van der Waals surface area contributed by atoms with Crippen LogP contribution in [0.25, 0.3) is 22.6 Å². The van der Waals surface area contributed by atoms with Gasteiger partial charge in [0, 0.05) is 52.1 Å². The normalized spacial score (nSPS) is 10.5. The lowest BCUT2D eigenvalue weighted by molar-refractivity contribution is -0.167. The average molecular weight is 1010 g/mol. The minimum absolute atomic E-state index is 0.0520. The number of ether oxygens (including phenoxy) is 12. The first-order valence-electron chi connectivity index (χ1n) is 20.3. The van der Waals surface area contributed by atoms with Crippen LogP contribution in [0.3, 0.4) is 0 Å². The van der Waals surface area contributed by atoms with Crippen LogP contribution in [0.1, 0.15) is 45.2 Å². The van der Waals surface area contributed by atoms with Gasteiger partial charge in [-0.05, 0) is 24.3 Å². The van der Waals surface area contributed by atoms with Crippen LogP contribution in [-0.4, -0.2) is 138 Å². The van der Waals surface area contributed by atoms with Crippen LogP contribution >= 0.6 is 0 Å². The molecule has 28 heteroatoms. The number of carbonyl (C=O) groups is 10. The average Bonchev–Trinajstić information content (AvgIpc) is 3.95. The largest absolute Gasteiger partial charge is 0.488 e. The maximum atomic E-state index is 14.8. The number of aromatic nitrogens is 1. The fraction of sp³-hybridized carbons (Fsp3) is 0.372. The lowest BCUT2D eigenvalue weighted by Crippen LogP contribution is -2.37. The van der Waals surface area contributed by atoms with E-state index < -0.39 is 131 Å². The Morgan fingerprint density at radius 3 is 1.38 bits per heavy atom. The third-order valence-electron chi connectivity index (χ3n) is 8.38. The van der Waals surface area contributed by atoms with Crippen molar-refractivity contribution in [3.63, 3.8) is 0 Å². The van der Waals surface area contributed by atoms with Gasteiger partial charge >= 0.3 is 59.7 Å². The van der Waals surface area contributed by atoms with Crippen LogP contribution in [-0.2, 0) is 90.5 Å². The van der Waals surface area contributed by atoms with Gasteiger partial charge in [-0.25, -0.2) is 14.2 Å². The molecule has 0 saturated heterocycles. The zero-order chi connectivity index (χ0) is 52.0. The van der Waals surface area contributed by atoms with Gasteiger partial charge in [-0.15, -0.1) is 0 Å². The predicted molar refractivity (Wildman–Crippen MR) is 226 cm³/mol. The standard InChI is InChI=1S/C43H44FN3O24/c1-24(48)60-19-65-38(53)15-46(16-39(54)66-20-61-25(2)49)31-12-30(44)6-7-33(31)58-8-9-59-35-10-29-11-36(42-45-14-37(71-42)43(57)69-23-64-28(5)52)70-34(29)13-32(35)47(17-40(55)67-21-62-26(3)50)18-41(56)68-22-63-27(4)51/h6-7,10-14H,8-9,15-23H2,1-5H3. The summed E-state index contributed by atoms with van der Waals surface area (Å²) in [4.78, 5) is 126. The number of hydrogen-bond acceptors (Lipinski definition) is 27. The number of carbonyl (C=O) groups excluding carboxylic acids is 10. The molecule has 0 aliphatic carbocycles. The smallest absolute Gasteiger partial charge is 0.378 e. The maximum Gasteiger partial charge on any atom is 0.378 e. The van der Waals surface area contributed by atoms with Gasteiger partial charge < -0.3 is 75.5 Å². The first kappa shape index (κ1) is 54.6. The SMILES string of the molecule is CC(=O)OCOC(=O)CN(CC(=O)OCOC(C)=O)c1cc(F)ccc1OCCOc1cc2cc(-c3ncc(C(=O)OCOC(C)=O)o3)oc2cc1N(CC(=O)OCOC(C)=O)CC(=O)OCOC(C)=O. The third kappa shape index (κ3) is 18.9. The number of hydrogen-bond donors (Lipinski definition) is 0. The topological polar surface area (TPSA) is 327 Å². The van der Waals surface area contributed by atoms with Crippen molar-refractivity contribution >= 4 is 82.0 Å². The van der Waals surface area contributed by atoms with Crippen molar-refractivity contribution in [2.24, 2.45) is 0 Å². The Balaban J connectivity index is 1.68. The number of rotatable bonds is 27. The van der Waals surface area contributed by atoms with Crippen LogP contribution in [0.15, 0.2) is 51.4 Å². The quantitative estimate of drug-likeness (QED) is 0.0358. The van der Waals surface area contributed by atoms with Gasteiger partial charge in [0.25, 0.3) is 5.89 Å². The van der Waals surface area contributed by atoms with E-state index in [2.05, 4.69) is 28.7 Å². The molecule has 0 aliphatic heterocycles. The zero-order valence-corrected chi connectivity index (χ0v) is 38.3. The summed E-state index contributed by atoms with van der Waals surface area (Å²) in [6.07, 6.45) is 1.02. The molecule has 0 radical (unpaired) electrons. The Morgan fingerprint density at radius 2 is 0.930 bits per heavy atom. The van der Waals surface area contributed by atoms with Crippen molar-refractivity contribution < 1.29 is 118 Å². The van der Waals surface area contributed by atoms with Crippen molar-refractivity contribution in [3.8, 4) is 23.1 Å². The molecule has 4 rings (SSSR count). The van der Waals surface area contributed by atoms with Crippen molar-refractivity contribution in [1.82, 2.24) is 4.98 Å². The van der Waals surface area contributed by atoms with Gasteiger partial charge in [-0.1, -0.05) is 0 Å². The molecule has 0 saturated carbocycles. The zero-order valence-electron chi connectivity index (χ0n) is 38.3. The van der Waals surface area contributed by atoms with Crippen LogP contribution in [0.4, 0.5) is 15.8 Å². The summed E-state index contributed by atoms with van der Waals surface area (Å²) in [7, 11) is 0. The predicted octanol–water partition coefficient (Wildman–Crippen LogP) is 2.23. The summed E-state index contributed by atoms with van der Waals surface area (Å²) in [5.74, 6) is -10.7. The first-order valence-corrected chi connectivity index (χ1v) is 20.3. The monoisotopic (exact) mass is 1010 g/mol. The van der Waals surface area contributed by atoms with Gasteiger partial charge in [0.05, 0.1) is 17.6 Å². The van der Waals surface area contributed by atoms with Gasteiger partial charge in [0.1, 0.15) is 62.3 Å². The molecule has 0 amide bonds. The number of halogens is 1. The second-order valence-corrected chi connectivity index (χ2v) is 13.8. The highest BCUT2D eigenvalue weighted by atomic mass is 19.1. The Morgan fingerprint density at radius 1 is 0.507 bits per heavy atom. The third-order valence-corrected chi connectivity index (χ3v) is 8.38. The summed E-state index contributed by atoms with van der Waals surface area (Å²) in [5.41, 5.74) is -0.191. The Kier molecular flexibility index (Phi) is 20.9. The lowest BCUT2D eigenvalue weighted by atomic mass is 10.2. The van der Waals surface area contributed by atoms with Crippen molar-refractivity contribution in [2.75, 3.05) is 83.2 Å². The van der Waals surface area contributed by atoms with Gasteiger partial charge in [-0.3, -0.25) is 43.2 Å². The molecular weight excluding hydrogens is 961 g/mol. The Labute approximate surface area is 399 Å². The number of benzene rings is 2. The Bertz CT molecular complexity index is 2520. The summed E-state index contributed by atoms with van der Waals surface area (Å²) < 4.78 is 86.1. The van der Waals surface area contributed by atoms with E-state index in [1.807, 2.05) is 0 Å². The van der Waals surface area contributed by atoms with Crippen LogP contribution in [0, 0.1) is 5.82 Å². The minimum Gasteiger partial charge on any atom is -0.488 e. The molecule has 382 valence electrons. The molecule has 0 N–H and O–H groups in total. The molecule has 2 heterocycles. The molecule has 0 aliphatic rings. The van der Waals surface area contributed by atoms with Crippen molar-refractivity contribution in [3.05, 3.63) is 54.2 Å². The first-order chi connectivity index (χ1) is 33.8. The molecule has 2 aromatic heterocycles. The molecule has 0 bridgehead atoms. The van der Waals surface area contributed by atoms with E-state index in [9.17, 15) is 52.3 Å². The molecular formula is C43H44FN3O24. The molecule has 71 heavy (non-hydrogen) atoms. The number of anilines is 2. The van der Waals surface area contributed by atoms with E-state index in [-0.39, 0.29) is 58.7 Å². The summed E-state index contributed by atoms with van der Waals surface area (Å²) in [6.45, 7) is -2.21. The van der Waals surface area contributed by atoms with E-state index in [1.54, 1.807) is 0 Å². The molecule has 0 atom stereocenters. The van der Waals surface area contributed by atoms with Crippen molar-refractivity contribution in [1.29, 1.82) is 0 Å². The highest BCUT2D eigenvalue weighted by Gasteiger charge is 2.26. The van der Waals surface area contributed by atoms with Gasteiger partial charge in [0.2, 0.25) is 39.7 Å². The maximum absolute atomic E-state index is 14.8. The number of nitrogens with zero attached hydrogens (tertiary/aromatic N) is 3. The highest BCUT2D eigenvalue weighted by molar-refractivity contribution is 5.91. The number of fused-ring (bicyclic) bond motifs is 1. The summed E-state index contributed by atoms with van der Waals surface area (Å²) in [6, 6.07) is 7.21. The van der Waals surface area contributed by atoms with Crippen LogP contribution < -0.4 is 19.3 Å². The number of furan rings is 1. The minimum atomic E-state index is -1.04. The van der Waals surface area contributed by atoms with Crippen molar-refractivity contribution in [2.45, 2.75) is 34.6 Å². The fourth-order valence-electron chi connectivity index (χ4n) is 5.38. The summed E-state index contributed by atoms with van der Waals surface area (Å²) >= 11 is 0. The highest BCUT2D eigenvalue weighted by Crippen LogP contribution is 2.38. The van der Waals surface area contributed by atoms with Crippen LogP contribution in [0.2, 0.25) is 0 Å². The van der Waals surface area contributed by atoms with Gasteiger partial charge in [0.15, 0.2) is 5.76 Å². The molecule has 4 aromatic rings. The van der Waals surface area contributed by atoms with E-state index in [1.165, 1.54) is 18.2 Å². The number of esters is 10. The van der Waals surface area contributed by atoms with E-state index in [4.69, 9.17) is 42.0 Å². The van der Waals surface area contributed by atoms with E-state index in [0.29, 0.717) is 0 Å². The second-order valence-electron chi connectivity index (χ2n) is 13.8. The molecule has 0 fully saturated rings. The molecule has 27 nitrogen and oxygen atoms in total. The Hall–Kier alpha value is -8.98. The molecule has 0 unspecified atom stereocenters. The second kappa shape index (κ2) is 27.1.